The van der Waals surface area contributed by atoms with E-state index >= 15 is 0 Å². The molecule has 1 aliphatic heterocycles. The van der Waals surface area contributed by atoms with Gasteiger partial charge in [0.25, 0.3) is 0 Å². The Morgan fingerprint density at radius 1 is 1.00 bits per heavy atom. The van der Waals surface area contributed by atoms with Crippen molar-refractivity contribution in [2.75, 3.05) is 23.7 Å². The monoisotopic (exact) mass is 510 g/mol. The molecule has 1 saturated heterocycles. The molecule has 2 aliphatic rings. The van der Waals surface area contributed by atoms with Crippen LogP contribution in [-0.2, 0) is 4.79 Å². The molecular formula is C26H25F3N6O2. The van der Waals surface area contributed by atoms with E-state index < -0.39 is 18.1 Å². The Labute approximate surface area is 211 Å². The highest BCUT2D eigenvalue weighted by Crippen LogP contribution is 2.34. The third-order valence-electron chi connectivity index (χ3n) is 6.64. The fourth-order valence-electron chi connectivity index (χ4n) is 4.31. The molecule has 2 N–H and O–H groups in total. The fraction of sp³-hybridized carbons (Fsp3) is 0.346. The Hall–Kier alpha value is -4.02. The van der Waals surface area contributed by atoms with E-state index in [2.05, 4.69) is 25.6 Å². The van der Waals surface area contributed by atoms with Crippen molar-refractivity contribution < 1.29 is 22.8 Å². The van der Waals surface area contributed by atoms with E-state index in [-0.39, 0.29) is 31.3 Å². The average Bonchev–Trinajstić information content (AvgIpc) is 3.60. The van der Waals surface area contributed by atoms with Gasteiger partial charge < -0.3 is 15.5 Å². The third-order valence-corrected chi connectivity index (χ3v) is 6.64. The number of benzene rings is 1. The SMILES string of the molecule is Cc1ccc(NC(=O)N2CC[C@H](C(F)(F)F)C2)cc1-c1cncc(-c2cc(NC(=O)C3CC3)ncn2)c1. The molecule has 0 radical (unpaired) electrons. The second-order valence-electron chi connectivity index (χ2n) is 9.45. The zero-order chi connectivity index (χ0) is 26.2. The number of halogens is 3. The maximum atomic E-state index is 13.0. The molecule has 192 valence electrons. The molecule has 1 saturated carbocycles. The lowest BCUT2D eigenvalue weighted by Crippen LogP contribution is -2.35. The number of urea groups is 1. The Morgan fingerprint density at radius 2 is 1.78 bits per heavy atom. The van der Waals surface area contributed by atoms with Crippen molar-refractivity contribution in [3.05, 3.63) is 54.6 Å². The molecule has 1 atom stereocenters. The molecule has 0 unspecified atom stereocenters. The Balaban J connectivity index is 1.33. The molecule has 8 nitrogen and oxygen atoms in total. The van der Waals surface area contributed by atoms with Gasteiger partial charge in [-0.3, -0.25) is 9.78 Å². The number of hydrogen-bond donors (Lipinski definition) is 2. The van der Waals surface area contributed by atoms with E-state index in [1.165, 1.54) is 11.2 Å². The quantitative estimate of drug-likeness (QED) is 0.487. The summed E-state index contributed by atoms with van der Waals surface area (Å²) in [5, 5.41) is 5.53. The van der Waals surface area contributed by atoms with Crippen LogP contribution in [0, 0.1) is 18.8 Å². The highest BCUT2D eigenvalue weighted by molar-refractivity contribution is 5.93. The highest BCUT2D eigenvalue weighted by Gasteiger charge is 2.44. The summed E-state index contributed by atoms with van der Waals surface area (Å²) in [6.07, 6.45) is 2.10. The number of amides is 3. The van der Waals surface area contributed by atoms with Gasteiger partial charge in [-0.2, -0.15) is 13.2 Å². The summed E-state index contributed by atoms with van der Waals surface area (Å²) < 4.78 is 39.0. The van der Waals surface area contributed by atoms with Gasteiger partial charge in [0.1, 0.15) is 12.1 Å². The number of carbonyl (C=O) groups excluding carboxylic acids is 2. The number of anilines is 2. The van der Waals surface area contributed by atoms with Gasteiger partial charge in [-0.25, -0.2) is 14.8 Å². The molecule has 3 aromatic rings. The highest BCUT2D eigenvalue weighted by atomic mass is 19.4. The minimum atomic E-state index is -4.31. The fourth-order valence-corrected chi connectivity index (χ4v) is 4.31. The first kappa shape index (κ1) is 24.7. The molecule has 0 spiro atoms. The maximum absolute atomic E-state index is 13.0. The number of alkyl halides is 3. The lowest BCUT2D eigenvalue weighted by atomic mass is 9.99. The van der Waals surface area contributed by atoms with Crippen molar-refractivity contribution in [1.82, 2.24) is 19.9 Å². The van der Waals surface area contributed by atoms with Crippen LogP contribution in [0.4, 0.5) is 29.5 Å². The van der Waals surface area contributed by atoms with Gasteiger partial charge >= 0.3 is 12.2 Å². The minimum absolute atomic E-state index is 0.0473. The number of rotatable bonds is 5. The Kier molecular flexibility index (Phi) is 6.53. The number of carbonyl (C=O) groups is 2. The summed E-state index contributed by atoms with van der Waals surface area (Å²) in [7, 11) is 0. The zero-order valence-electron chi connectivity index (χ0n) is 20.0. The van der Waals surface area contributed by atoms with Crippen LogP contribution in [0.2, 0.25) is 0 Å². The molecule has 37 heavy (non-hydrogen) atoms. The van der Waals surface area contributed by atoms with Gasteiger partial charge in [-0.15, -0.1) is 0 Å². The molecular weight excluding hydrogens is 485 g/mol. The molecule has 11 heteroatoms. The van der Waals surface area contributed by atoms with Gasteiger partial charge in [-0.1, -0.05) is 6.07 Å². The van der Waals surface area contributed by atoms with Crippen LogP contribution in [0.25, 0.3) is 22.4 Å². The topological polar surface area (TPSA) is 100 Å². The van der Waals surface area contributed by atoms with Crippen molar-refractivity contribution >= 4 is 23.4 Å². The predicted octanol–water partition coefficient (Wildman–Crippen LogP) is 5.28. The summed E-state index contributed by atoms with van der Waals surface area (Å²) in [5.74, 6) is -1.07. The van der Waals surface area contributed by atoms with Crippen molar-refractivity contribution in [3.8, 4) is 22.4 Å². The molecule has 0 bridgehead atoms. The van der Waals surface area contributed by atoms with E-state index in [1.807, 2.05) is 19.1 Å². The molecule has 1 aromatic carbocycles. The lowest BCUT2D eigenvalue weighted by molar-refractivity contribution is -0.169. The van der Waals surface area contributed by atoms with Crippen LogP contribution in [0.5, 0.6) is 0 Å². The van der Waals surface area contributed by atoms with Gasteiger partial charge in [0.2, 0.25) is 5.91 Å². The lowest BCUT2D eigenvalue weighted by Gasteiger charge is -2.19. The van der Waals surface area contributed by atoms with Crippen molar-refractivity contribution in [3.63, 3.8) is 0 Å². The van der Waals surface area contributed by atoms with E-state index in [0.717, 1.165) is 29.5 Å². The number of aryl methyl sites for hydroxylation is 1. The largest absolute Gasteiger partial charge is 0.393 e. The molecule has 2 fully saturated rings. The van der Waals surface area contributed by atoms with Crippen molar-refractivity contribution in [2.24, 2.45) is 11.8 Å². The van der Waals surface area contributed by atoms with Crippen molar-refractivity contribution in [1.29, 1.82) is 0 Å². The number of aromatic nitrogens is 3. The molecule has 2 aromatic heterocycles. The van der Waals surface area contributed by atoms with E-state index in [9.17, 15) is 22.8 Å². The van der Waals surface area contributed by atoms with E-state index in [0.29, 0.717) is 22.8 Å². The van der Waals surface area contributed by atoms with E-state index in [4.69, 9.17) is 0 Å². The first-order valence-electron chi connectivity index (χ1n) is 12.0. The normalized spacial score (nSPS) is 17.5. The summed E-state index contributed by atoms with van der Waals surface area (Å²) >= 11 is 0. The number of nitrogens with one attached hydrogen (secondary N) is 2. The number of nitrogens with zero attached hydrogens (tertiary/aromatic N) is 4. The van der Waals surface area contributed by atoms with Gasteiger partial charge in [-0.05, 0) is 55.5 Å². The number of likely N-dealkylation sites (tertiary alicyclic amines) is 1. The minimum Gasteiger partial charge on any atom is -0.324 e. The smallest absolute Gasteiger partial charge is 0.324 e. The molecule has 5 rings (SSSR count). The summed E-state index contributed by atoms with van der Waals surface area (Å²) in [6.45, 7) is 1.63. The van der Waals surface area contributed by atoms with Crippen LogP contribution in [0.1, 0.15) is 24.8 Å². The van der Waals surface area contributed by atoms with Gasteiger partial charge in [0, 0.05) is 54.3 Å². The maximum Gasteiger partial charge on any atom is 0.393 e. The van der Waals surface area contributed by atoms with Crippen LogP contribution in [-0.4, -0.2) is 51.1 Å². The molecule has 1 aliphatic carbocycles. The predicted molar refractivity (Wildman–Crippen MR) is 132 cm³/mol. The Morgan fingerprint density at radius 3 is 2.51 bits per heavy atom. The molecule has 3 heterocycles. The second kappa shape index (κ2) is 9.79. The van der Waals surface area contributed by atoms with Crippen LogP contribution in [0.15, 0.2) is 49.1 Å². The van der Waals surface area contributed by atoms with Crippen molar-refractivity contribution in [2.45, 2.75) is 32.4 Å². The standard InChI is InChI=1S/C26H25F3N6O2/c1-15-2-5-20(33-25(37)35-7-6-19(13-35)26(27,28)29)9-21(15)17-8-18(12-30-11-17)22-10-23(32-14-31-22)34-24(36)16-3-4-16/h2,5,8-12,14,16,19H,3-4,6-7,13H2,1H3,(H,33,37)(H,31,32,34,36)/t19-/m0/s1. The van der Waals surface area contributed by atoms with Crippen LogP contribution >= 0.6 is 0 Å². The Bertz CT molecular complexity index is 1340. The second-order valence-corrected chi connectivity index (χ2v) is 9.45. The summed E-state index contributed by atoms with van der Waals surface area (Å²) in [5.41, 5.74) is 4.27. The zero-order valence-corrected chi connectivity index (χ0v) is 20.0. The van der Waals surface area contributed by atoms with Gasteiger partial charge in [0.05, 0.1) is 11.6 Å². The third kappa shape index (κ3) is 5.71. The average molecular weight is 511 g/mol. The van der Waals surface area contributed by atoms with Crippen LogP contribution in [0.3, 0.4) is 0 Å². The summed E-state index contributed by atoms with van der Waals surface area (Å²) in [4.78, 5) is 38.7. The molecule has 3 amide bonds. The first-order chi connectivity index (χ1) is 17.7. The first-order valence-corrected chi connectivity index (χ1v) is 12.0. The number of pyridine rings is 1. The van der Waals surface area contributed by atoms with Crippen LogP contribution < -0.4 is 10.6 Å². The van der Waals surface area contributed by atoms with E-state index in [1.54, 1.807) is 30.6 Å². The van der Waals surface area contributed by atoms with Gasteiger partial charge in [0.15, 0.2) is 0 Å². The summed E-state index contributed by atoms with van der Waals surface area (Å²) in [6, 6.07) is 8.34. The number of hydrogen-bond acceptors (Lipinski definition) is 5.